The van der Waals surface area contributed by atoms with Crippen LogP contribution in [0.1, 0.15) is 59.3 Å². The molecule has 1 saturated carbocycles. The Kier molecular flexibility index (Phi) is 8.74. The average Bonchev–Trinajstić information content (AvgIpc) is 2.48. The summed E-state index contributed by atoms with van der Waals surface area (Å²) in [4.78, 5) is 2.68. The van der Waals surface area contributed by atoms with E-state index >= 15 is 0 Å². The highest BCUT2D eigenvalue weighted by molar-refractivity contribution is 4.89. The number of rotatable bonds is 9. The van der Waals surface area contributed by atoms with Crippen molar-refractivity contribution >= 4 is 0 Å². The fourth-order valence-electron chi connectivity index (χ4n) is 3.79. The molecule has 3 heteroatoms. The molecule has 0 radical (unpaired) electrons. The van der Waals surface area contributed by atoms with Crippen LogP contribution < -0.4 is 5.73 Å². The van der Waals surface area contributed by atoms with Crippen LogP contribution in [0.15, 0.2) is 0 Å². The second-order valence-corrected chi connectivity index (χ2v) is 6.52. The van der Waals surface area contributed by atoms with E-state index < -0.39 is 0 Å². The molecule has 0 aromatic heterocycles. The SMILES string of the molecule is CCCC1CCC(CN)C(N(CCOC)C(C)CC)C1. The maximum atomic E-state index is 6.06. The quantitative estimate of drug-likeness (QED) is 0.706. The van der Waals surface area contributed by atoms with Crippen LogP contribution in [-0.4, -0.2) is 43.8 Å². The number of nitrogens with two attached hydrogens (primary N) is 1. The Morgan fingerprint density at radius 1 is 1.30 bits per heavy atom. The summed E-state index contributed by atoms with van der Waals surface area (Å²) in [6.07, 6.45) is 7.93. The largest absolute Gasteiger partial charge is 0.383 e. The van der Waals surface area contributed by atoms with Gasteiger partial charge >= 0.3 is 0 Å². The van der Waals surface area contributed by atoms with E-state index in [0.717, 1.165) is 25.6 Å². The molecular weight excluding hydrogens is 248 g/mol. The Labute approximate surface area is 126 Å². The van der Waals surface area contributed by atoms with Gasteiger partial charge in [0.15, 0.2) is 0 Å². The Morgan fingerprint density at radius 3 is 2.60 bits per heavy atom. The van der Waals surface area contributed by atoms with Gasteiger partial charge in [-0.3, -0.25) is 4.90 Å². The summed E-state index contributed by atoms with van der Waals surface area (Å²) in [5.74, 6) is 1.58. The molecule has 120 valence electrons. The minimum Gasteiger partial charge on any atom is -0.383 e. The van der Waals surface area contributed by atoms with E-state index in [9.17, 15) is 0 Å². The molecule has 20 heavy (non-hydrogen) atoms. The van der Waals surface area contributed by atoms with Gasteiger partial charge in [-0.05, 0) is 44.6 Å². The lowest BCUT2D eigenvalue weighted by molar-refractivity contribution is 0.0283. The molecule has 0 spiro atoms. The van der Waals surface area contributed by atoms with Crippen LogP contribution in [-0.2, 0) is 4.74 Å². The number of hydrogen-bond donors (Lipinski definition) is 1. The summed E-state index contributed by atoms with van der Waals surface area (Å²) in [6, 6.07) is 1.29. The van der Waals surface area contributed by atoms with E-state index in [4.69, 9.17) is 10.5 Å². The van der Waals surface area contributed by atoms with Gasteiger partial charge in [-0.1, -0.05) is 33.1 Å². The molecule has 0 aromatic rings. The summed E-state index contributed by atoms with van der Waals surface area (Å²) in [5, 5.41) is 0. The van der Waals surface area contributed by atoms with Crippen LogP contribution in [0.25, 0.3) is 0 Å². The molecule has 1 aliphatic carbocycles. The van der Waals surface area contributed by atoms with Crippen molar-refractivity contribution in [3.05, 3.63) is 0 Å². The molecule has 1 fully saturated rings. The third-order valence-electron chi connectivity index (χ3n) is 5.20. The van der Waals surface area contributed by atoms with Crippen molar-refractivity contribution in [2.24, 2.45) is 17.6 Å². The van der Waals surface area contributed by atoms with Gasteiger partial charge in [-0.15, -0.1) is 0 Å². The second-order valence-electron chi connectivity index (χ2n) is 6.52. The van der Waals surface area contributed by atoms with Gasteiger partial charge in [0.2, 0.25) is 0 Å². The number of hydrogen-bond acceptors (Lipinski definition) is 3. The zero-order valence-corrected chi connectivity index (χ0v) is 14.1. The van der Waals surface area contributed by atoms with Crippen LogP contribution in [0.4, 0.5) is 0 Å². The molecule has 1 aliphatic rings. The summed E-state index contributed by atoms with van der Waals surface area (Å²) < 4.78 is 5.33. The Morgan fingerprint density at radius 2 is 2.05 bits per heavy atom. The first-order chi connectivity index (χ1) is 9.67. The zero-order chi connectivity index (χ0) is 15.0. The summed E-state index contributed by atoms with van der Waals surface area (Å²) in [6.45, 7) is 9.66. The van der Waals surface area contributed by atoms with Crippen molar-refractivity contribution < 1.29 is 4.74 Å². The minimum absolute atomic E-state index is 0.629. The maximum absolute atomic E-state index is 6.06. The fraction of sp³-hybridized carbons (Fsp3) is 1.00. The predicted octanol–water partition coefficient (Wildman–Crippen LogP) is 3.28. The maximum Gasteiger partial charge on any atom is 0.0589 e. The van der Waals surface area contributed by atoms with Crippen LogP contribution >= 0.6 is 0 Å². The second kappa shape index (κ2) is 9.75. The molecular formula is C17H36N2O. The molecule has 0 amide bonds. The molecule has 2 N–H and O–H groups in total. The topological polar surface area (TPSA) is 38.5 Å². The lowest BCUT2D eigenvalue weighted by Crippen LogP contribution is -2.51. The molecule has 0 heterocycles. The van der Waals surface area contributed by atoms with E-state index in [1.54, 1.807) is 7.11 Å². The molecule has 4 atom stereocenters. The molecule has 0 saturated heterocycles. The number of ether oxygens (including phenoxy) is 1. The first-order valence-corrected chi connectivity index (χ1v) is 8.62. The third kappa shape index (κ3) is 5.01. The van der Waals surface area contributed by atoms with Gasteiger partial charge in [-0.2, -0.15) is 0 Å². The monoisotopic (exact) mass is 284 g/mol. The number of methoxy groups -OCH3 is 1. The van der Waals surface area contributed by atoms with Crippen molar-refractivity contribution in [1.29, 1.82) is 0 Å². The van der Waals surface area contributed by atoms with Crippen LogP contribution in [0.5, 0.6) is 0 Å². The van der Waals surface area contributed by atoms with E-state index in [1.165, 1.54) is 38.5 Å². The van der Waals surface area contributed by atoms with E-state index in [-0.39, 0.29) is 0 Å². The van der Waals surface area contributed by atoms with Gasteiger partial charge in [0.1, 0.15) is 0 Å². The fourth-order valence-corrected chi connectivity index (χ4v) is 3.79. The Balaban J connectivity index is 2.75. The first kappa shape index (κ1) is 17.9. The highest BCUT2D eigenvalue weighted by Crippen LogP contribution is 2.35. The minimum atomic E-state index is 0.629. The van der Waals surface area contributed by atoms with E-state index in [0.29, 0.717) is 18.0 Å². The Bertz CT molecular complexity index is 247. The summed E-state index contributed by atoms with van der Waals surface area (Å²) >= 11 is 0. The third-order valence-corrected chi connectivity index (χ3v) is 5.20. The van der Waals surface area contributed by atoms with Crippen molar-refractivity contribution in [2.75, 3.05) is 26.8 Å². The van der Waals surface area contributed by atoms with Gasteiger partial charge in [-0.25, -0.2) is 0 Å². The van der Waals surface area contributed by atoms with Crippen LogP contribution in [0.2, 0.25) is 0 Å². The molecule has 0 bridgehead atoms. The highest BCUT2D eigenvalue weighted by Gasteiger charge is 2.34. The lowest BCUT2D eigenvalue weighted by atomic mass is 9.75. The number of nitrogens with zero attached hydrogens (tertiary/aromatic N) is 1. The van der Waals surface area contributed by atoms with Gasteiger partial charge in [0.25, 0.3) is 0 Å². The van der Waals surface area contributed by atoms with Gasteiger partial charge in [0.05, 0.1) is 6.61 Å². The molecule has 0 aromatic carbocycles. The molecule has 3 nitrogen and oxygen atoms in total. The van der Waals surface area contributed by atoms with Crippen molar-refractivity contribution in [3.63, 3.8) is 0 Å². The highest BCUT2D eigenvalue weighted by atomic mass is 16.5. The molecule has 0 aliphatic heterocycles. The zero-order valence-electron chi connectivity index (χ0n) is 14.1. The molecule has 4 unspecified atom stereocenters. The summed E-state index contributed by atoms with van der Waals surface area (Å²) in [5.41, 5.74) is 6.06. The lowest BCUT2D eigenvalue weighted by Gasteiger charge is -2.45. The van der Waals surface area contributed by atoms with E-state index in [1.807, 2.05) is 0 Å². The first-order valence-electron chi connectivity index (χ1n) is 8.62. The van der Waals surface area contributed by atoms with Crippen molar-refractivity contribution in [1.82, 2.24) is 4.90 Å². The standard InChI is InChI=1S/C17H36N2O/c1-5-7-15-8-9-16(13-18)17(12-15)19(10-11-20-4)14(3)6-2/h14-17H,5-13,18H2,1-4H3. The van der Waals surface area contributed by atoms with Gasteiger partial charge in [0, 0.05) is 25.7 Å². The average molecular weight is 284 g/mol. The van der Waals surface area contributed by atoms with Crippen LogP contribution in [0, 0.1) is 11.8 Å². The van der Waals surface area contributed by atoms with E-state index in [2.05, 4.69) is 25.7 Å². The van der Waals surface area contributed by atoms with Gasteiger partial charge < -0.3 is 10.5 Å². The van der Waals surface area contributed by atoms with Crippen LogP contribution in [0.3, 0.4) is 0 Å². The van der Waals surface area contributed by atoms with Crippen molar-refractivity contribution in [2.45, 2.75) is 71.4 Å². The summed E-state index contributed by atoms with van der Waals surface area (Å²) in [7, 11) is 1.80. The smallest absolute Gasteiger partial charge is 0.0589 e. The Hall–Kier alpha value is -0.120. The normalized spacial score (nSPS) is 28.8. The predicted molar refractivity (Wildman–Crippen MR) is 86.9 cm³/mol. The molecule has 1 rings (SSSR count). The van der Waals surface area contributed by atoms with Crippen molar-refractivity contribution in [3.8, 4) is 0 Å².